The van der Waals surface area contributed by atoms with Crippen LogP contribution in [0.3, 0.4) is 0 Å². The lowest BCUT2D eigenvalue weighted by Crippen LogP contribution is -2.46. The van der Waals surface area contributed by atoms with Crippen LogP contribution >= 0.6 is 22.9 Å². The maximum Gasteiger partial charge on any atom is 0.323 e. The van der Waals surface area contributed by atoms with Crippen molar-refractivity contribution in [3.05, 3.63) is 45.9 Å². The molecule has 0 radical (unpaired) electrons. The molecule has 154 valence electrons. The second kappa shape index (κ2) is 8.71. The Morgan fingerprint density at radius 3 is 2.90 bits per heavy atom. The van der Waals surface area contributed by atoms with Crippen LogP contribution in [0.15, 0.2) is 29.6 Å². The van der Waals surface area contributed by atoms with Gasteiger partial charge in [-0.15, -0.1) is 11.3 Å². The van der Waals surface area contributed by atoms with Gasteiger partial charge in [0.05, 0.1) is 12.1 Å². The SMILES string of the molecule is O=C(Cc1csc(N2CCCNC2=O)n1)NCC1(c2cccc(Cl)c2)CCCC1. The third-order valence-electron chi connectivity index (χ3n) is 5.81. The molecular weight excluding hydrogens is 408 g/mol. The van der Waals surface area contributed by atoms with Gasteiger partial charge in [0.25, 0.3) is 0 Å². The summed E-state index contributed by atoms with van der Waals surface area (Å²) < 4.78 is 0. The van der Waals surface area contributed by atoms with Crippen LogP contribution in [0.2, 0.25) is 5.02 Å². The van der Waals surface area contributed by atoms with E-state index in [1.165, 1.54) is 16.9 Å². The van der Waals surface area contributed by atoms with Crippen LogP contribution < -0.4 is 15.5 Å². The van der Waals surface area contributed by atoms with E-state index in [1.807, 2.05) is 23.6 Å². The van der Waals surface area contributed by atoms with E-state index in [0.717, 1.165) is 37.1 Å². The molecule has 1 aromatic carbocycles. The number of thiazole rings is 1. The Morgan fingerprint density at radius 1 is 1.31 bits per heavy atom. The van der Waals surface area contributed by atoms with Crippen molar-refractivity contribution < 1.29 is 9.59 Å². The fourth-order valence-corrected chi connectivity index (χ4v) is 5.29. The van der Waals surface area contributed by atoms with Crippen molar-refractivity contribution in [3.8, 4) is 0 Å². The van der Waals surface area contributed by atoms with Gasteiger partial charge < -0.3 is 10.6 Å². The first-order chi connectivity index (χ1) is 14.1. The highest BCUT2D eigenvalue weighted by Crippen LogP contribution is 2.41. The molecule has 0 atom stereocenters. The van der Waals surface area contributed by atoms with Crippen molar-refractivity contribution in [1.82, 2.24) is 15.6 Å². The molecule has 8 heteroatoms. The van der Waals surface area contributed by atoms with Gasteiger partial charge in [0.2, 0.25) is 5.91 Å². The molecule has 1 saturated heterocycles. The number of carbonyl (C=O) groups excluding carboxylic acids is 2. The maximum absolute atomic E-state index is 12.6. The summed E-state index contributed by atoms with van der Waals surface area (Å²) in [5.41, 5.74) is 1.86. The maximum atomic E-state index is 12.6. The average Bonchev–Trinajstić information content (AvgIpc) is 3.37. The molecule has 1 aliphatic heterocycles. The van der Waals surface area contributed by atoms with Crippen molar-refractivity contribution in [2.75, 3.05) is 24.5 Å². The number of nitrogens with one attached hydrogen (secondary N) is 2. The summed E-state index contributed by atoms with van der Waals surface area (Å²) in [5, 5.41) is 9.18. The van der Waals surface area contributed by atoms with Crippen LogP contribution in [0.1, 0.15) is 43.4 Å². The van der Waals surface area contributed by atoms with Crippen molar-refractivity contribution >= 4 is 40.0 Å². The molecule has 0 bridgehead atoms. The van der Waals surface area contributed by atoms with E-state index >= 15 is 0 Å². The van der Waals surface area contributed by atoms with Crippen LogP contribution in [0.25, 0.3) is 0 Å². The Labute approximate surface area is 179 Å². The fourth-order valence-electron chi connectivity index (χ4n) is 4.25. The zero-order chi connectivity index (χ0) is 20.3. The molecule has 3 amide bonds. The Morgan fingerprint density at radius 2 is 2.14 bits per heavy atom. The smallest absolute Gasteiger partial charge is 0.323 e. The van der Waals surface area contributed by atoms with Crippen molar-refractivity contribution in [1.29, 1.82) is 0 Å². The molecule has 2 heterocycles. The summed E-state index contributed by atoms with van der Waals surface area (Å²) in [6, 6.07) is 7.88. The summed E-state index contributed by atoms with van der Waals surface area (Å²) in [4.78, 5) is 30.7. The van der Waals surface area contributed by atoms with Gasteiger partial charge in [-0.3, -0.25) is 9.69 Å². The summed E-state index contributed by atoms with van der Waals surface area (Å²) in [6.45, 7) is 1.97. The molecular formula is C21H25ClN4O2S. The number of benzene rings is 1. The first-order valence-corrected chi connectivity index (χ1v) is 11.3. The zero-order valence-corrected chi connectivity index (χ0v) is 17.8. The Hall–Kier alpha value is -2.12. The molecule has 2 aromatic rings. The highest BCUT2D eigenvalue weighted by Gasteiger charge is 2.36. The number of hydrogen-bond acceptors (Lipinski definition) is 4. The number of anilines is 1. The lowest BCUT2D eigenvalue weighted by Gasteiger charge is -2.30. The van der Waals surface area contributed by atoms with Gasteiger partial charge in [-0.05, 0) is 37.0 Å². The van der Waals surface area contributed by atoms with Crippen LogP contribution in [-0.4, -0.2) is 36.6 Å². The lowest BCUT2D eigenvalue weighted by molar-refractivity contribution is -0.120. The predicted octanol–water partition coefficient (Wildman–Crippen LogP) is 3.89. The number of rotatable bonds is 6. The van der Waals surface area contributed by atoms with Gasteiger partial charge in [0, 0.05) is 35.5 Å². The molecule has 1 saturated carbocycles. The van der Waals surface area contributed by atoms with Gasteiger partial charge in [-0.25, -0.2) is 9.78 Å². The minimum Gasteiger partial charge on any atom is -0.355 e. The summed E-state index contributed by atoms with van der Waals surface area (Å²) >= 11 is 7.61. The zero-order valence-electron chi connectivity index (χ0n) is 16.2. The predicted molar refractivity (Wildman–Crippen MR) is 116 cm³/mol. The molecule has 0 spiro atoms. The highest BCUT2D eigenvalue weighted by atomic mass is 35.5. The van der Waals surface area contributed by atoms with Gasteiger partial charge in [0.15, 0.2) is 5.13 Å². The molecule has 6 nitrogen and oxygen atoms in total. The van der Waals surface area contributed by atoms with Crippen LogP contribution in [0.5, 0.6) is 0 Å². The Bertz CT molecular complexity index is 894. The van der Waals surface area contributed by atoms with Gasteiger partial charge in [0.1, 0.15) is 0 Å². The second-order valence-corrected chi connectivity index (χ2v) is 9.08. The first-order valence-electron chi connectivity index (χ1n) is 10.1. The number of aromatic nitrogens is 1. The van der Waals surface area contributed by atoms with E-state index < -0.39 is 0 Å². The Kier molecular flexibility index (Phi) is 6.06. The monoisotopic (exact) mass is 432 g/mol. The molecule has 4 rings (SSSR count). The Balaban J connectivity index is 1.38. The van der Waals surface area contributed by atoms with E-state index in [1.54, 1.807) is 4.90 Å². The van der Waals surface area contributed by atoms with Crippen LogP contribution in [0.4, 0.5) is 9.93 Å². The van der Waals surface area contributed by atoms with Crippen molar-refractivity contribution in [3.63, 3.8) is 0 Å². The van der Waals surface area contributed by atoms with E-state index in [0.29, 0.717) is 30.5 Å². The largest absolute Gasteiger partial charge is 0.355 e. The number of carbonyl (C=O) groups is 2. The molecule has 2 N–H and O–H groups in total. The number of nitrogens with zero attached hydrogens (tertiary/aromatic N) is 2. The van der Waals surface area contributed by atoms with E-state index in [2.05, 4.69) is 21.7 Å². The second-order valence-electron chi connectivity index (χ2n) is 7.81. The van der Waals surface area contributed by atoms with Crippen molar-refractivity contribution in [2.45, 2.75) is 43.9 Å². The molecule has 2 aliphatic rings. The third kappa shape index (κ3) is 4.56. The third-order valence-corrected chi connectivity index (χ3v) is 6.96. The van der Waals surface area contributed by atoms with E-state index in [-0.39, 0.29) is 23.8 Å². The summed E-state index contributed by atoms with van der Waals surface area (Å²) in [5.74, 6) is -0.0433. The molecule has 1 aliphatic carbocycles. The molecule has 0 unspecified atom stereocenters. The first kappa shape index (κ1) is 20.2. The fraction of sp³-hybridized carbons (Fsp3) is 0.476. The number of hydrogen-bond donors (Lipinski definition) is 2. The van der Waals surface area contributed by atoms with E-state index in [4.69, 9.17) is 11.6 Å². The normalized spacial score (nSPS) is 18.5. The topological polar surface area (TPSA) is 74.3 Å². The quantitative estimate of drug-likeness (QED) is 0.727. The standard InChI is InChI=1S/C21H25ClN4O2S/c22-16-6-3-5-15(11-16)21(7-1-2-8-21)14-24-18(27)12-17-13-29-20(25-17)26-10-4-9-23-19(26)28/h3,5-6,11,13H,1-2,4,7-10,12,14H2,(H,23,28)(H,24,27). The molecule has 1 aromatic heterocycles. The van der Waals surface area contributed by atoms with Crippen molar-refractivity contribution in [2.24, 2.45) is 0 Å². The molecule has 2 fully saturated rings. The van der Waals surface area contributed by atoms with Crippen LogP contribution in [0, 0.1) is 0 Å². The average molecular weight is 433 g/mol. The van der Waals surface area contributed by atoms with Gasteiger partial charge in [-0.1, -0.05) is 36.6 Å². The van der Waals surface area contributed by atoms with E-state index in [9.17, 15) is 9.59 Å². The van der Waals surface area contributed by atoms with Crippen LogP contribution in [-0.2, 0) is 16.6 Å². The lowest BCUT2D eigenvalue weighted by atomic mass is 9.79. The summed E-state index contributed by atoms with van der Waals surface area (Å²) in [7, 11) is 0. The molecule has 29 heavy (non-hydrogen) atoms. The number of amides is 3. The number of urea groups is 1. The summed E-state index contributed by atoms with van der Waals surface area (Å²) in [6.07, 6.45) is 5.55. The number of halogens is 1. The van der Waals surface area contributed by atoms with Gasteiger partial charge >= 0.3 is 6.03 Å². The van der Waals surface area contributed by atoms with Gasteiger partial charge in [-0.2, -0.15) is 0 Å². The minimum atomic E-state index is -0.119. The minimum absolute atomic E-state index is 0.0420. The highest BCUT2D eigenvalue weighted by molar-refractivity contribution is 7.14.